The number of benzene rings is 5. The van der Waals surface area contributed by atoms with Gasteiger partial charge in [-0.15, -0.1) is 0 Å². The summed E-state index contributed by atoms with van der Waals surface area (Å²) in [6.07, 6.45) is 1.76. The predicted molar refractivity (Wildman–Crippen MR) is 152 cm³/mol. The molecule has 190 valence electrons. The maximum Gasteiger partial charge on any atom is 0.251 e. The van der Waals surface area contributed by atoms with E-state index in [2.05, 4.69) is 53.8 Å². The van der Waals surface area contributed by atoms with Crippen LogP contribution in [0.1, 0.15) is 34.3 Å². The van der Waals surface area contributed by atoms with E-state index in [-0.39, 0.29) is 5.91 Å². The Hall–Kier alpha value is -4.35. The van der Waals surface area contributed by atoms with Crippen LogP contribution in [0.4, 0.5) is 0 Å². The van der Waals surface area contributed by atoms with Gasteiger partial charge in [0.25, 0.3) is 5.91 Å². The maximum atomic E-state index is 12.7. The molecule has 5 heteroatoms. The summed E-state index contributed by atoms with van der Waals surface area (Å²) in [5, 5.41) is 7.27. The minimum Gasteiger partial charge on any atom is -0.484 e. The third-order valence-corrected chi connectivity index (χ3v) is 7.31. The zero-order valence-corrected chi connectivity index (χ0v) is 21.2. The summed E-state index contributed by atoms with van der Waals surface area (Å²) >= 11 is 0. The van der Waals surface area contributed by atoms with Crippen molar-refractivity contribution in [3.8, 4) is 11.5 Å². The number of fused-ring (bicyclic) bond motifs is 6. The lowest BCUT2D eigenvalue weighted by atomic mass is 9.85. The molecule has 1 aliphatic rings. The Kier molecular flexibility index (Phi) is 6.44. The quantitative estimate of drug-likeness (QED) is 0.206. The molecule has 3 N–H and O–H groups in total. The lowest BCUT2D eigenvalue weighted by molar-refractivity contribution is 0.0235. The van der Waals surface area contributed by atoms with Crippen LogP contribution >= 0.6 is 0 Å². The highest BCUT2D eigenvalue weighted by molar-refractivity contribution is 6.13. The van der Waals surface area contributed by atoms with Gasteiger partial charge in [-0.3, -0.25) is 4.79 Å². The van der Waals surface area contributed by atoms with E-state index >= 15 is 0 Å². The molecule has 5 aromatic carbocycles. The van der Waals surface area contributed by atoms with E-state index in [1.165, 1.54) is 0 Å². The Bertz CT molecular complexity index is 1600. The molecule has 0 fully saturated rings. The van der Waals surface area contributed by atoms with E-state index in [0.29, 0.717) is 25.3 Å². The molecule has 0 spiro atoms. The van der Waals surface area contributed by atoms with Crippen LogP contribution in [0.2, 0.25) is 0 Å². The normalized spacial score (nSPS) is 16.4. The standard InChI is InChI=1S/C33H30N2O3/c34-20-8-9-21-35-32(36)23-16-18-25(19-17-23)33(24-10-2-1-3-11-24)22-37-30-28-14-6-4-12-26(28)27-13-5-7-15-29(27)31(30)38-33/h1-7,10-19H,8-9,20-22,34H2,(H,35,36). The molecule has 0 saturated carbocycles. The fourth-order valence-electron chi connectivity index (χ4n) is 5.32. The van der Waals surface area contributed by atoms with Crippen molar-refractivity contribution in [3.63, 3.8) is 0 Å². The van der Waals surface area contributed by atoms with E-state index in [0.717, 1.165) is 57.0 Å². The highest BCUT2D eigenvalue weighted by atomic mass is 16.6. The van der Waals surface area contributed by atoms with Crippen molar-refractivity contribution in [3.05, 3.63) is 120 Å². The van der Waals surface area contributed by atoms with Crippen molar-refractivity contribution >= 4 is 27.5 Å². The molecular formula is C33H30N2O3. The second-order valence-corrected chi connectivity index (χ2v) is 9.66. The van der Waals surface area contributed by atoms with Gasteiger partial charge in [0.2, 0.25) is 0 Å². The third-order valence-electron chi connectivity index (χ3n) is 7.31. The number of hydrogen-bond acceptors (Lipinski definition) is 4. The molecule has 5 aromatic rings. The van der Waals surface area contributed by atoms with E-state index < -0.39 is 5.60 Å². The monoisotopic (exact) mass is 502 g/mol. The number of nitrogens with two attached hydrogens (primary N) is 1. The maximum absolute atomic E-state index is 12.7. The fourth-order valence-corrected chi connectivity index (χ4v) is 5.32. The predicted octanol–water partition coefficient (Wildman–Crippen LogP) is 6.18. The first-order chi connectivity index (χ1) is 18.7. The number of hydrogen-bond donors (Lipinski definition) is 2. The lowest BCUT2D eigenvalue weighted by Gasteiger charge is -2.40. The van der Waals surface area contributed by atoms with E-state index in [1.54, 1.807) is 0 Å². The third kappa shape index (κ3) is 4.15. The second kappa shape index (κ2) is 10.2. The van der Waals surface area contributed by atoms with Crippen LogP contribution in [0.5, 0.6) is 11.5 Å². The molecule has 0 bridgehead atoms. The van der Waals surface area contributed by atoms with Crippen LogP contribution in [-0.4, -0.2) is 25.6 Å². The van der Waals surface area contributed by atoms with Crippen LogP contribution in [0.15, 0.2) is 103 Å². The van der Waals surface area contributed by atoms with Gasteiger partial charge in [-0.05, 0) is 42.3 Å². The largest absolute Gasteiger partial charge is 0.484 e. The van der Waals surface area contributed by atoms with Crippen LogP contribution in [0.3, 0.4) is 0 Å². The van der Waals surface area contributed by atoms with Crippen molar-refractivity contribution in [1.82, 2.24) is 5.32 Å². The van der Waals surface area contributed by atoms with Crippen molar-refractivity contribution in [2.75, 3.05) is 19.7 Å². The van der Waals surface area contributed by atoms with Crippen molar-refractivity contribution < 1.29 is 14.3 Å². The van der Waals surface area contributed by atoms with Crippen LogP contribution < -0.4 is 20.5 Å². The Morgan fingerprint density at radius 3 is 1.95 bits per heavy atom. The average molecular weight is 503 g/mol. The minimum absolute atomic E-state index is 0.0917. The van der Waals surface area contributed by atoms with Gasteiger partial charge < -0.3 is 20.5 Å². The molecule has 1 unspecified atom stereocenters. The van der Waals surface area contributed by atoms with Gasteiger partial charge in [0.1, 0.15) is 6.61 Å². The Balaban J connectivity index is 1.44. The fraction of sp³-hybridized carbons (Fsp3) is 0.182. The topological polar surface area (TPSA) is 73.6 Å². The summed E-state index contributed by atoms with van der Waals surface area (Å²) in [5.41, 5.74) is 7.20. The molecule has 1 aliphatic heterocycles. The number of nitrogens with one attached hydrogen (secondary N) is 1. The molecule has 0 saturated heterocycles. The zero-order valence-electron chi connectivity index (χ0n) is 21.2. The molecule has 0 aromatic heterocycles. The van der Waals surface area contributed by atoms with Crippen LogP contribution in [0.25, 0.3) is 21.5 Å². The minimum atomic E-state index is -0.879. The van der Waals surface area contributed by atoms with Gasteiger partial charge in [0.05, 0.1) is 0 Å². The average Bonchev–Trinajstić information content (AvgIpc) is 2.99. The summed E-state index contributed by atoms with van der Waals surface area (Å²) in [6.45, 7) is 1.54. The second-order valence-electron chi connectivity index (χ2n) is 9.66. The molecule has 6 rings (SSSR count). The molecule has 38 heavy (non-hydrogen) atoms. The SMILES string of the molecule is NCCCCNC(=O)c1ccc(C2(c3ccccc3)COc3c(c4ccccc4c4ccccc34)O2)cc1. The number of rotatable bonds is 7. The van der Waals surface area contributed by atoms with E-state index in [9.17, 15) is 4.79 Å². The first kappa shape index (κ1) is 24.0. The number of ether oxygens (including phenoxy) is 2. The molecular weight excluding hydrogens is 472 g/mol. The molecule has 0 aliphatic carbocycles. The van der Waals surface area contributed by atoms with Crippen molar-refractivity contribution in [1.29, 1.82) is 0 Å². The highest BCUT2D eigenvalue weighted by Crippen LogP contribution is 2.50. The lowest BCUT2D eigenvalue weighted by Crippen LogP contribution is -2.43. The highest BCUT2D eigenvalue weighted by Gasteiger charge is 2.43. The van der Waals surface area contributed by atoms with Crippen molar-refractivity contribution in [2.24, 2.45) is 5.73 Å². The Morgan fingerprint density at radius 2 is 1.29 bits per heavy atom. The Morgan fingerprint density at radius 1 is 0.711 bits per heavy atom. The number of amides is 1. The van der Waals surface area contributed by atoms with Gasteiger partial charge in [-0.25, -0.2) is 0 Å². The molecule has 0 radical (unpaired) electrons. The van der Waals surface area contributed by atoms with Crippen LogP contribution in [-0.2, 0) is 5.60 Å². The zero-order chi connectivity index (χ0) is 26.0. The summed E-state index contributed by atoms with van der Waals surface area (Å²) < 4.78 is 13.7. The first-order valence-corrected chi connectivity index (χ1v) is 13.1. The number of carbonyl (C=O) groups is 1. The first-order valence-electron chi connectivity index (χ1n) is 13.1. The van der Waals surface area contributed by atoms with Crippen LogP contribution in [0, 0.1) is 0 Å². The van der Waals surface area contributed by atoms with Gasteiger partial charge in [-0.1, -0.05) is 91.0 Å². The van der Waals surface area contributed by atoms with Crippen molar-refractivity contribution in [2.45, 2.75) is 18.4 Å². The summed E-state index contributed by atoms with van der Waals surface area (Å²) in [5.74, 6) is 1.40. The molecule has 1 heterocycles. The molecule has 5 nitrogen and oxygen atoms in total. The summed E-state index contributed by atoms with van der Waals surface area (Å²) in [4.78, 5) is 12.7. The smallest absolute Gasteiger partial charge is 0.251 e. The van der Waals surface area contributed by atoms with Gasteiger partial charge in [0.15, 0.2) is 17.1 Å². The van der Waals surface area contributed by atoms with E-state index in [1.807, 2.05) is 54.6 Å². The summed E-state index contributed by atoms with van der Waals surface area (Å²) in [7, 11) is 0. The number of unbranched alkanes of at least 4 members (excludes halogenated alkanes) is 1. The molecule has 1 atom stereocenters. The van der Waals surface area contributed by atoms with Gasteiger partial charge in [-0.2, -0.15) is 0 Å². The summed E-state index contributed by atoms with van der Waals surface area (Å²) in [6, 6.07) is 34.4. The van der Waals surface area contributed by atoms with Gasteiger partial charge in [0, 0.05) is 34.0 Å². The Labute approximate surface area is 222 Å². The molecule has 1 amide bonds. The number of carbonyl (C=O) groups excluding carboxylic acids is 1. The van der Waals surface area contributed by atoms with E-state index in [4.69, 9.17) is 15.2 Å². The van der Waals surface area contributed by atoms with Gasteiger partial charge >= 0.3 is 0 Å².